The van der Waals surface area contributed by atoms with Crippen molar-refractivity contribution in [2.45, 2.75) is 19.4 Å². The van der Waals surface area contributed by atoms with Crippen molar-refractivity contribution in [1.29, 1.82) is 0 Å². The first-order valence-corrected chi connectivity index (χ1v) is 12.6. The molecule has 3 aromatic carbocycles. The summed E-state index contributed by atoms with van der Waals surface area (Å²) in [6.45, 7) is 0.318. The number of carbonyl (C=O) groups is 2. The summed E-state index contributed by atoms with van der Waals surface area (Å²) in [6, 6.07) is 17.2. The number of nitrogens with one attached hydrogen (secondary N) is 2. The molecule has 0 radical (unpaired) electrons. The highest BCUT2D eigenvalue weighted by Crippen LogP contribution is 2.27. The Morgan fingerprint density at radius 1 is 0.971 bits per heavy atom. The number of ether oxygens (including phenoxy) is 1. The van der Waals surface area contributed by atoms with Crippen LogP contribution in [0.3, 0.4) is 0 Å². The van der Waals surface area contributed by atoms with E-state index in [9.17, 15) is 22.4 Å². The molecule has 0 aliphatic rings. The highest BCUT2D eigenvalue weighted by molar-refractivity contribution is 7.88. The molecule has 0 saturated carbocycles. The van der Waals surface area contributed by atoms with Crippen molar-refractivity contribution in [3.63, 3.8) is 0 Å². The molecule has 0 aliphatic carbocycles. The van der Waals surface area contributed by atoms with Crippen LogP contribution in [0.4, 0.5) is 4.39 Å². The van der Waals surface area contributed by atoms with E-state index in [-0.39, 0.29) is 24.7 Å². The lowest BCUT2D eigenvalue weighted by Gasteiger charge is -2.13. The molecule has 0 heterocycles. The first-order valence-electron chi connectivity index (χ1n) is 10.7. The van der Waals surface area contributed by atoms with Crippen LogP contribution < -0.4 is 14.8 Å². The van der Waals surface area contributed by atoms with Crippen LogP contribution in [0.2, 0.25) is 0 Å². The van der Waals surface area contributed by atoms with Gasteiger partial charge in [0.15, 0.2) is 0 Å². The van der Waals surface area contributed by atoms with Crippen LogP contribution >= 0.6 is 0 Å². The third-order valence-electron chi connectivity index (χ3n) is 4.96. The number of carboxylic acid groups (broad SMARTS) is 1. The smallest absolute Gasteiger partial charge is 0.307 e. The summed E-state index contributed by atoms with van der Waals surface area (Å²) in [7, 11) is -3.47. The van der Waals surface area contributed by atoms with Gasteiger partial charge >= 0.3 is 5.97 Å². The molecular weight excluding hydrogens is 475 g/mol. The van der Waals surface area contributed by atoms with Crippen LogP contribution in [0, 0.1) is 5.82 Å². The van der Waals surface area contributed by atoms with E-state index in [1.807, 2.05) is 0 Å². The molecule has 0 aromatic heterocycles. The molecule has 1 amide bonds. The van der Waals surface area contributed by atoms with Crippen LogP contribution in [0.25, 0.3) is 0 Å². The van der Waals surface area contributed by atoms with E-state index in [1.54, 1.807) is 54.6 Å². The molecule has 0 spiro atoms. The molecule has 0 aliphatic heterocycles. The summed E-state index contributed by atoms with van der Waals surface area (Å²) >= 11 is 0. The maximum atomic E-state index is 13.0. The number of sulfonamides is 1. The number of hydrogen-bond donors (Lipinski definition) is 3. The topological polar surface area (TPSA) is 122 Å². The summed E-state index contributed by atoms with van der Waals surface area (Å²) in [5, 5.41) is 11.8. The van der Waals surface area contributed by atoms with Crippen molar-refractivity contribution in [3.8, 4) is 11.5 Å². The Hall–Kier alpha value is -3.76. The fourth-order valence-corrected chi connectivity index (χ4v) is 3.66. The summed E-state index contributed by atoms with van der Waals surface area (Å²) in [4.78, 5) is 23.4. The van der Waals surface area contributed by atoms with Gasteiger partial charge < -0.3 is 15.2 Å². The molecule has 0 unspecified atom stereocenters. The van der Waals surface area contributed by atoms with Crippen LogP contribution in [0.15, 0.2) is 66.7 Å². The Labute approximate surface area is 202 Å². The van der Waals surface area contributed by atoms with Crippen LogP contribution in [0.1, 0.15) is 27.0 Å². The van der Waals surface area contributed by atoms with Crippen molar-refractivity contribution in [1.82, 2.24) is 10.0 Å². The van der Waals surface area contributed by atoms with Crippen molar-refractivity contribution in [2.75, 3.05) is 12.8 Å². The number of hydrogen-bond acceptors (Lipinski definition) is 5. The molecule has 8 nitrogen and oxygen atoms in total. The van der Waals surface area contributed by atoms with Gasteiger partial charge in [-0.05, 0) is 60.0 Å². The molecule has 0 saturated heterocycles. The highest BCUT2D eigenvalue weighted by atomic mass is 32.2. The SMILES string of the molecule is CS(=O)(=O)NCc1cc(CC(=O)O)ccc1Oc1ccc(C(=O)NCCc2ccc(F)cc2)cc1. The maximum Gasteiger partial charge on any atom is 0.307 e. The monoisotopic (exact) mass is 500 g/mol. The Morgan fingerprint density at radius 2 is 1.63 bits per heavy atom. The van der Waals surface area contributed by atoms with E-state index in [2.05, 4.69) is 10.0 Å². The average molecular weight is 501 g/mol. The Morgan fingerprint density at radius 3 is 2.26 bits per heavy atom. The number of halogens is 1. The second-order valence-corrected chi connectivity index (χ2v) is 9.70. The average Bonchev–Trinajstić information content (AvgIpc) is 2.80. The van der Waals surface area contributed by atoms with Crippen molar-refractivity contribution >= 4 is 21.9 Å². The van der Waals surface area contributed by atoms with Gasteiger partial charge in [0.2, 0.25) is 10.0 Å². The summed E-state index contributed by atoms with van der Waals surface area (Å²) in [5.41, 5.74) is 2.30. The van der Waals surface area contributed by atoms with Crippen molar-refractivity contribution in [2.24, 2.45) is 0 Å². The minimum Gasteiger partial charge on any atom is -0.481 e. The predicted octanol–water partition coefficient (Wildman–Crippen LogP) is 3.27. The minimum absolute atomic E-state index is 0.0732. The Bertz CT molecular complexity index is 1290. The van der Waals surface area contributed by atoms with Gasteiger partial charge in [-0.3, -0.25) is 9.59 Å². The standard InChI is InChI=1S/C25H25FN2O6S/c1-35(32,33)28-16-20-14-18(15-24(29)30)4-11-23(20)34-22-9-5-19(6-10-22)25(31)27-13-12-17-2-7-21(26)8-3-17/h2-11,14,28H,12-13,15-16H2,1H3,(H,27,31)(H,29,30). The summed E-state index contributed by atoms with van der Waals surface area (Å²) < 4.78 is 44.2. The van der Waals surface area contributed by atoms with Gasteiger partial charge in [-0.1, -0.05) is 24.3 Å². The lowest BCUT2D eigenvalue weighted by Crippen LogP contribution is -2.25. The zero-order valence-electron chi connectivity index (χ0n) is 19.0. The van der Waals surface area contributed by atoms with Crippen molar-refractivity contribution < 1.29 is 32.2 Å². The van der Waals surface area contributed by atoms with Crippen LogP contribution in [-0.2, 0) is 34.2 Å². The Kier molecular flexibility index (Phi) is 8.56. The second kappa shape index (κ2) is 11.6. The number of carboxylic acids is 1. The molecule has 10 heteroatoms. The number of aliphatic carboxylic acids is 1. The molecular formula is C25H25FN2O6S. The maximum absolute atomic E-state index is 13.0. The fourth-order valence-electron chi connectivity index (χ4n) is 3.24. The molecule has 3 rings (SSSR count). The number of rotatable bonds is 11. The van der Waals surface area contributed by atoms with Gasteiger partial charge in [0, 0.05) is 24.2 Å². The number of benzene rings is 3. The van der Waals surface area contributed by atoms with E-state index in [0.717, 1.165) is 11.8 Å². The normalized spacial score (nSPS) is 11.1. The Balaban J connectivity index is 1.64. The van der Waals surface area contributed by atoms with E-state index < -0.39 is 16.0 Å². The van der Waals surface area contributed by atoms with Gasteiger partial charge in [-0.25, -0.2) is 17.5 Å². The largest absolute Gasteiger partial charge is 0.481 e. The van der Waals surface area contributed by atoms with Gasteiger partial charge in [0.1, 0.15) is 17.3 Å². The van der Waals surface area contributed by atoms with Crippen LogP contribution in [-0.4, -0.2) is 38.2 Å². The predicted molar refractivity (Wildman–Crippen MR) is 128 cm³/mol. The zero-order valence-corrected chi connectivity index (χ0v) is 19.8. The van der Waals surface area contributed by atoms with Gasteiger partial charge in [-0.15, -0.1) is 0 Å². The second-order valence-electron chi connectivity index (χ2n) is 7.86. The first-order chi connectivity index (χ1) is 16.6. The molecule has 0 fully saturated rings. The quantitative estimate of drug-likeness (QED) is 0.372. The molecule has 0 bridgehead atoms. The fraction of sp³-hybridized carbons (Fsp3) is 0.200. The summed E-state index contributed by atoms with van der Waals surface area (Å²) in [5.74, 6) is -0.816. The third kappa shape index (κ3) is 8.51. The van der Waals surface area contributed by atoms with E-state index in [1.165, 1.54) is 12.1 Å². The highest BCUT2D eigenvalue weighted by Gasteiger charge is 2.12. The van der Waals surface area contributed by atoms with E-state index in [0.29, 0.717) is 41.2 Å². The number of carbonyl (C=O) groups excluding carboxylic acids is 1. The molecule has 3 N–H and O–H groups in total. The van der Waals surface area contributed by atoms with E-state index >= 15 is 0 Å². The van der Waals surface area contributed by atoms with Gasteiger partial charge in [-0.2, -0.15) is 0 Å². The lowest BCUT2D eigenvalue weighted by atomic mass is 10.1. The van der Waals surface area contributed by atoms with Gasteiger partial charge in [0.25, 0.3) is 5.91 Å². The van der Waals surface area contributed by atoms with Crippen molar-refractivity contribution in [3.05, 3.63) is 94.8 Å². The van der Waals surface area contributed by atoms with Gasteiger partial charge in [0.05, 0.1) is 12.7 Å². The molecule has 0 atom stereocenters. The lowest BCUT2D eigenvalue weighted by molar-refractivity contribution is -0.136. The summed E-state index contributed by atoms with van der Waals surface area (Å²) in [6.07, 6.45) is 1.38. The minimum atomic E-state index is -3.47. The van der Waals surface area contributed by atoms with Crippen LogP contribution in [0.5, 0.6) is 11.5 Å². The molecule has 3 aromatic rings. The first kappa shape index (κ1) is 25.9. The molecule has 35 heavy (non-hydrogen) atoms. The zero-order chi connectivity index (χ0) is 25.4. The number of amides is 1. The third-order valence-corrected chi connectivity index (χ3v) is 5.63. The van der Waals surface area contributed by atoms with E-state index in [4.69, 9.17) is 9.84 Å². The molecule has 184 valence electrons.